The summed E-state index contributed by atoms with van der Waals surface area (Å²) in [6.45, 7) is 0.322. The minimum absolute atomic E-state index is 0.0344. The predicted molar refractivity (Wildman–Crippen MR) is 66.7 cm³/mol. The normalized spacial score (nSPS) is 16.9. The molecule has 1 saturated heterocycles. The SMILES string of the molecule is NC(=O)c1ccc(S(=O)(=O)N2CCNC(=O)C2)cc1. The Bertz CT molecular complexity index is 609. The van der Waals surface area contributed by atoms with Gasteiger partial charge in [-0.25, -0.2) is 8.42 Å². The number of amides is 2. The van der Waals surface area contributed by atoms with Crippen LogP contribution in [0, 0.1) is 0 Å². The van der Waals surface area contributed by atoms with E-state index < -0.39 is 15.9 Å². The lowest BCUT2D eigenvalue weighted by molar-refractivity contribution is -0.122. The fourth-order valence-electron chi connectivity index (χ4n) is 1.76. The summed E-state index contributed by atoms with van der Waals surface area (Å²) in [6.07, 6.45) is 0. The third-order valence-electron chi connectivity index (χ3n) is 2.78. The Morgan fingerprint density at radius 2 is 1.89 bits per heavy atom. The molecule has 2 amide bonds. The molecule has 0 aromatic heterocycles. The van der Waals surface area contributed by atoms with Gasteiger partial charge in [-0.1, -0.05) is 0 Å². The Morgan fingerprint density at radius 3 is 2.42 bits per heavy atom. The molecule has 0 unspecified atom stereocenters. The number of primary amides is 1. The largest absolute Gasteiger partial charge is 0.366 e. The van der Waals surface area contributed by atoms with Crippen molar-refractivity contribution in [2.75, 3.05) is 19.6 Å². The van der Waals surface area contributed by atoms with Gasteiger partial charge in [0, 0.05) is 18.7 Å². The fraction of sp³-hybridized carbons (Fsp3) is 0.273. The van der Waals surface area contributed by atoms with Crippen molar-refractivity contribution >= 4 is 21.8 Å². The molecule has 8 heteroatoms. The highest BCUT2D eigenvalue weighted by atomic mass is 32.2. The average molecular weight is 283 g/mol. The minimum Gasteiger partial charge on any atom is -0.366 e. The molecule has 0 aliphatic carbocycles. The number of piperazine rings is 1. The van der Waals surface area contributed by atoms with Crippen LogP contribution >= 0.6 is 0 Å². The Hall–Kier alpha value is -1.93. The first-order valence-electron chi connectivity index (χ1n) is 5.58. The number of carbonyl (C=O) groups excluding carboxylic acids is 2. The molecule has 0 radical (unpaired) electrons. The number of nitrogens with zero attached hydrogens (tertiary/aromatic N) is 1. The van der Waals surface area contributed by atoms with Gasteiger partial charge in [-0.15, -0.1) is 0 Å². The number of hydrogen-bond acceptors (Lipinski definition) is 4. The third kappa shape index (κ3) is 2.74. The molecule has 1 aliphatic rings. The minimum atomic E-state index is -3.72. The van der Waals surface area contributed by atoms with Crippen LogP contribution in [-0.2, 0) is 14.8 Å². The maximum atomic E-state index is 12.2. The van der Waals surface area contributed by atoms with Crippen LogP contribution in [0.2, 0.25) is 0 Å². The zero-order valence-corrected chi connectivity index (χ0v) is 10.8. The maximum absolute atomic E-state index is 12.2. The zero-order valence-electron chi connectivity index (χ0n) is 10.00. The van der Waals surface area contributed by atoms with Gasteiger partial charge in [0.15, 0.2) is 0 Å². The second kappa shape index (κ2) is 4.98. The van der Waals surface area contributed by atoms with Crippen molar-refractivity contribution in [2.24, 2.45) is 5.73 Å². The summed E-state index contributed by atoms with van der Waals surface area (Å²) in [5.74, 6) is -0.954. The van der Waals surface area contributed by atoms with Crippen LogP contribution in [0.15, 0.2) is 29.2 Å². The maximum Gasteiger partial charge on any atom is 0.248 e. The second-order valence-electron chi connectivity index (χ2n) is 4.08. The van der Waals surface area contributed by atoms with Crippen LogP contribution in [-0.4, -0.2) is 44.2 Å². The Labute approximate surface area is 110 Å². The quantitative estimate of drug-likeness (QED) is 0.734. The van der Waals surface area contributed by atoms with E-state index >= 15 is 0 Å². The highest BCUT2D eigenvalue weighted by molar-refractivity contribution is 7.89. The van der Waals surface area contributed by atoms with Gasteiger partial charge in [-0.2, -0.15) is 4.31 Å². The first-order chi connectivity index (χ1) is 8.91. The number of sulfonamides is 1. The van der Waals surface area contributed by atoms with Crippen molar-refractivity contribution in [1.82, 2.24) is 9.62 Å². The molecule has 1 aliphatic heterocycles. The molecule has 2 rings (SSSR count). The van der Waals surface area contributed by atoms with Crippen LogP contribution in [0.3, 0.4) is 0 Å². The number of benzene rings is 1. The van der Waals surface area contributed by atoms with Crippen molar-refractivity contribution < 1.29 is 18.0 Å². The highest BCUT2D eigenvalue weighted by Gasteiger charge is 2.28. The number of rotatable bonds is 3. The molecule has 1 aromatic carbocycles. The molecule has 0 atom stereocenters. The Kier molecular flexibility index (Phi) is 3.54. The molecule has 0 spiro atoms. The van der Waals surface area contributed by atoms with E-state index in [9.17, 15) is 18.0 Å². The van der Waals surface area contributed by atoms with E-state index in [4.69, 9.17) is 5.73 Å². The lowest BCUT2D eigenvalue weighted by atomic mass is 10.2. The van der Waals surface area contributed by atoms with Crippen LogP contribution in [0.1, 0.15) is 10.4 Å². The molecule has 7 nitrogen and oxygen atoms in total. The van der Waals surface area contributed by atoms with Gasteiger partial charge < -0.3 is 11.1 Å². The van der Waals surface area contributed by atoms with E-state index in [1.54, 1.807) is 0 Å². The molecule has 102 valence electrons. The molecule has 1 aromatic rings. The number of hydrogen-bond donors (Lipinski definition) is 2. The molecule has 1 heterocycles. The van der Waals surface area contributed by atoms with Gasteiger partial charge in [0.05, 0.1) is 11.4 Å². The summed E-state index contributed by atoms with van der Waals surface area (Å²) in [7, 11) is -3.72. The summed E-state index contributed by atoms with van der Waals surface area (Å²) in [6, 6.07) is 5.31. The predicted octanol–water partition coefficient (Wildman–Crippen LogP) is -1.09. The van der Waals surface area contributed by atoms with Gasteiger partial charge in [0.2, 0.25) is 21.8 Å². The fourth-order valence-corrected chi connectivity index (χ4v) is 3.16. The molecular weight excluding hydrogens is 270 g/mol. The smallest absolute Gasteiger partial charge is 0.248 e. The van der Waals surface area contributed by atoms with Crippen molar-refractivity contribution in [2.45, 2.75) is 4.90 Å². The van der Waals surface area contributed by atoms with Crippen LogP contribution in [0.4, 0.5) is 0 Å². The lowest BCUT2D eigenvalue weighted by Crippen LogP contribution is -2.49. The summed E-state index contributed by atoms with van der Waals surface area (Å²) in [5, 5.41) is 2.55. The van der Waals surface area contributed by atoms with E-state index in [0.29, 0.717) is 0 Å². The number of nitrogens with one attached hydrogen (secondary N) is 1. The summed E-state index contributed by atoms with van der Waals surface area (Å²) < 4.78 is 25.6. The van der Waals surface area contributed by atoms with Gasteiger partial charge >= 0.3 is 0 Å². The molecule has 1 fully saturated rings. The van der Waals surface area contributed by atoms with Crippen LogP contribution in [0.5, 0.6) is 0 Å². The topological polar surface area (TPSA) is 110 Å². The Morgan fingerprint density at radius 1 is 1.26 bits per heavy atom. The van der Waals surface area contributed by atoms with Crippen molar-refractivity contribution in [3.05, 3.63) is 29.8 Å². The summed E-state index contributed by atoms with van der Waals surface area (Å²) in [4.78, 5) is 22.2. The number of nitrogens with two attached hydrogens (primary N) is 1. The van der Waals surface area contributed by atoms with E-state index in [2.05, 4.69) is 5.32 Å². The van der Waals surface area contributed by atoms with Gasteiger partial charge in [0.25, 0.3) is 0 Å². The standard InChI is InChI=1S/C11H13N3O4S/c12-11(16)8-1-3-9(4-2-8)19(17,18)14-6-5-13-10(15)7-14/h1-4H,5-7H2,(H2,12,16)(H,13,15). The zero-order chi connectivity index (χ0) is 14.0. The van der Waals surface area contributed by atoms with Gasteiger partial charge in [0.1, 0.15) is 0 Å². The monoisotopic (exact) mass is 283 g/mol. The van der Waals surface area contributed by atoms with E-state index in [-0.39, 0.29) is 36.0 Å². The van der Waals surface area contributed by atoms with E-state index in [0.717, 1.165) is 4.31 Å². The van der Waals surface area contributed by atoms with Gasteiger partial charge in [-0.3, -0.25) is 9.59 Å². The average Bonchev–Trinajstić information content (AvgIpc) is 2.39. The molecule has 0 saturated carbocycles. The molecule has 19 heavy (non-hydrogen) atoms. The van der Waals surface area contributed by atoms with Gasteiger partial charge in [-0.05, 0) is 24.3 Å². The second-order valence-corrected chi connectivity index (χ2v) is 6.02. The molecular formula is C11H13N3O4S. The first kappa shape index (κ1) is 13.5. The molecule has 3 N–H and O–H groups in total. The van der Waals surface area contributed by atoms with Crippen LogP contribution in [0.25, 0.3) is 0 Å². The summed E-state index contributed by atoms with van der Waals surface area (Å²) >= 11 is 0. The molecule has 0 bridgehead atoms. The van der Waals surface area contributed by atoms with E-state index in [1.165, 1.54) is 24.3 Å². The van der Waals surface area contributed by atoms with Crippen molar-refractivity contribution in [3.8, 4) is 0 Å². The highest BCUT2D eigenvalue weighted by Crippen LogP contribution is 2.16. The first-order valence-corrected chi connectivity index (χ1v) is 7.02. The Balaban J connectivity index is 2.28. The van der Waals surface area contributed by atoms with Crippen molar-refractivity contribution in [3.63, 3.8) is 0 Å². The van der Waals surface area contributed by atoms with Crippen LogP contribution < -0.4 is 11.1 Å². The summed E-state index contributed by atoms with van der Waals surface area (Å²) in [5.41, 5.74) is 5.31. The van der Waals surface area contributed by atoms with E-state index in [1.807, 2.05) is 0 Å². The third-order valence-corrected chi connectivity index (χ3v) is 4.64. The number of carbonyl (C=O) groups is 2. The lowest BCUT2D eigenvalue weighted by Gasteiger charge is -2.25. The van der Waals surface area contributed by atoms with Crippen molar-refractivity contribution in [1.29, 1.82) is 0 Å².